The van der Waals surface area contributed by atoms with Crippen molar-refractivity contribution in [1.82, 2.24) is 4.90 Å². The van der Waals surface area contributed by atoms with E-state index in [1.807, 2.05) is 18.2 Å². The van der Waals surface area contributed by atoms with Crippen LogP contribution in [-0.2, 0) is 16.0 Å². The molecular formula is C17H23NO5. The maximum absolute atomic E-state index is 12.2. The van der Waals surface area contributed by atoms with Crippen molar-refractivity contribution in [2.24, 2.45) is 0 Å². The zero-order valence-electron chi connectivity index (χ0n) is 13.6. The number of nitrogens with zero attached hydrogens (tertiary/aromatic N) is 1. The summed E-state index contributed by atoms with van der Waals surface area (Å²) in [6, 6.07) is 4.95. The Balaban J connectivity index is 1.89. The maximum atomic E-state index is 12.2. The fourth-order valence-corrected chi connectivity index (χ4v) is 2.95. The van der Waals surface area contributed by atoms with E-state index >= 15 is 0 Å². The van der Waals surface area contributed by atoms with Gasteiger partial charge in [-0.1, -0.05) is 6.07 Å². The normalized spacial score (nSPS) is 17.1. The third kappa shape index (κ3) is 4.15. The Labute approximate surface area is 136 Å². The van der Waals surface area contributed by atoms with Crippen molar-refractivity contribution in [2.75, 3.05) is 20.8 Å². The third-order valence-electron chi connectivity index (χ3n) is 4.19. The van der Waals surface area contributed by atoms with Crippen LogP contribution in [0.3, 0.4) is 0 Å². The van der Waals surface area contributed by atoms with Crippen molar-refractivity contribution in [3.8, 4) is 11.5 Å². The van der Waals surface area contributed by atoms with E-state index < -0.39 is 12.0 Å². The molecule has 1 aliphatic heterocycles. The van der Waals surface area contributed by atoms with Crippen LogP contribution in [0.5, 0.6) is 11.5 Å². The van der Waals surface area contributed by atoms with Gasteiger partial charge in [-0.25, -0.2) is 4.79 Å². The largest absolute Gasteiger partial charge is 0.497 e. The van der Waals surface area contributed by atoms with E-state index in [0.29, 0.717) is 32.2 Å². The van der Waals surface area contributed by atoms with Crippen molar-refractivity contribution in [3.63, 3.8) is 0 Å². The first-order chi connectivity index (χ1) is 11.1. The number of hydrogen-bond acceptors (Lipinski definition) is 4. The number of carboxylic acids is 1. The van der Waals surface area contributed by atoms with Gasteiger partial charge in [0.1, 0.15) is 17.5 Å². The first-order valence-corrected chi connectivity index (χ1v) is 7.80. The first kappa shape index (κ1) is 17.1. The molecule has 1 heterocycles. The zero-order valence-corrected chi connectivity index (χ0v) is 13.6. The topological polar surface area (TPSA) is 76.1 Å². The van der Waals surface area contributed by atoms with Crippen LogP contribution in [0, 0.1) is 0 Å². The summed E-state index contributed by atoms with van der Waals surface area (Å²) in [4.78, 5) is 24.8. The summed E-state index contributed by atoms with van der Waals surface area (Å²) < 4.78 is 10.5. The molecule has 126 valence electrons. The zero-order chi connectivity index (χ0) is 16.8. The molecule has 1 aromatic carbocycles. The molecule has 0 saturated carbocycles. The van der Waals surface area contributed by atoms with Crippen LogP contribution in [0.15, 0.2) is 18.2 Å². The lowest BCUT2D eigenvalue weighted by Gasteiger charge is -2.21. The number of likely N-dealkylation sites (tertiary alicyclic amines) is 1. The highest BCUT2D eigenvalue weighted by Crippen LogP contribution is 2.26. The van der Waals surface area contributed by atoms with Gasteiger partial charge in [0.05, 0.1) is 14.2 Å². The van der Waals surface area contributed by atoms with Gasteiger partial charge in [-0.15, -0.1) is 0 Å². The smallest absolute Gasteiger partial charge is 0.326 e. The number of carbonyl (C=O) groups is 2. The van der Waals surface area contributed by atoms with Crippen LogP contribution < -0.4 is 9.47 Å². The Morgan fingerprint density at radius 1 is 1.30 bits per heavy atom. The Hall–Kier alpha value is -2.24. The molecule has 2 rings (SSSR count). The predicted molar refractivity (Wildman–Crippen MR) is 84.9 cm³/mol. The van der Waals surface area contributed by atoms with Crippen molar-refractivity contribution in [2.45, 2.75) is 38.1 Å². The molecule has 6 nitrogen and oxygen atoms in total. The highest BCUT2D eigenvalue weighted by Gasteiger charge is 2.33. The number of hydrogen-bond donors (Lipinski definition) is 1. The van der Waals surface area contributed by atoms with Gasteiger partial charge in [0.25, 0.3) is 0 Å². The molecule has 1 N–H and O–H groups in total. The lowest BCUT2D eigenvalue weighted by molar-refractivity contribution is -0.148. The Morgan fingerprint density at radius 2 is 2.09 bits per heavy atom. The highest BCUT2D eigenvalue weighted by molar-refractivity contribution is 5.84. The minimum absolute atomic E-state index is 0.0811. The summed E-state index contributed by atoms with van der Waals surface area (Å²) in [5, 5.41) is 9.13. The maximum Gasteiger partial charge on any atom is 0.326 e. The van der Waals surface area contributed by atoms with E-state index in [9.17, 15) is 9.59 Å². The molecule has 23 heavy (non-hydrogen) atoms. The van der Waals surface area contributed by atoms with E-state index in [4.69, 9.17) is 14.6 Å². The average molecular weight is 321 g/mol. The van der Waals surface area contributed by atoms with Crippen molar-refractivity contribution >= 4 is 11.9 Å². The van der Waals surface area contributed by atoms with Gasteiger partial charge in [-0.3, -0.25) is 4.79 Å². The standard InChI is InChI=1S/C17H23NO5/c1-22-13-9-8-12(15(11-13)23-2)5-3-7-16(19)18-10-4-6-14(18)17(20)21/h8-9,11,14H,3-7,10H2,1-2H3,(H,20,21)/t14-/m0/s1. The van der Waals surface area contributed by atoms with Crippen LogP contribution in [-0.4, -0.2) is 48.7 Å². The van der Waals surface area contributed by atoms with Crippen molar-refractivity contribution in [1.29, 1.82) is 0 Å². The number of carboxylic acid groups (broad SMARTS) is 1. The average Bonchev–Trinajstić information content (AvgIpc) is 3.05. The first-order valence-electron chi connectivity index (χ1n) is 7.80. The van der Waals surface area contributed by atoms with Gasteiger partial charge in [0, 0.05) is 19.0 Å². The fourth-order valence-electron chi connectivity index (χ4n) is 2.95. The minimum Gasteiger partial charge on any atom is -0.497 e. The van der Waals surface area contributed by atoms with Gasteiger partial charge in [0.2, 0.25) is 5.91 Å². The van der Waals surface area contributed by atoms with Crippen LogP contribution in [0.25, 0.3) is 0 Å². The van der Waals surface area contributed by atoms with E-state index in [0.717, 1.165) is 23.5 Å². The lowest BCUT2D eigenvalue weighted by atomic mass is 10.1. The fraction of sp³-hybridized carbons (Fsp3) is 0.529. The van der Waals surface area contributed by atoms with Gasteiger partial charge in [-0.05, 0) is 37.3 Å². The lowest BCUT2D eigenvalue weighted by Crippen LogP contribution is -2.40. The molecule has 1 fully saturated rings. The molecule has 1 atom stereocenters. The van der Waals surface area contributed by atoms with Gasteiger partial charge in [-0.2, -0.15) is 0 Å². The third-order valence-corrected chi connectivity index (χ3v) is 4.19. The molecule has 0 spiro atoms. The molecule has 0 aromatic heterocycles. The molecule has 0 bridgehead atoms. The number of aryl methyl sites for hydroxylation is 1. The second kappa shape index (κ2) is 7.85. The summed E-state index contributed by atoms with van der Waals surface area (Å²) >= 11 is 0. The SMILES string of the molecule is COc1ccc(CCCC(=O)N2CCC[C@H]2C(=O)O)c(OC)c1. The number of benzene rings is 1. The summed E-state index contributed by atoms with van der Waals surface area (Å²) in [6.07, 6.45) is 3.01. The molecule has 0 unspecified atom stereocenters. The van der Waals surface area contributed by atoms with Gasteiger partial charge >= 0.3 is 5.97 Å². The highest BCUT2D eigenvalue weighted by atomic mass is 16.5. The van der Waals surface area contributed by atoms with Crippen LogP contribution in [0.2, 0.25) is 0 Å². The van der Waals surface area contributed by atoms with Gasteiger partial charge < -0.3 is 19.5 Å². The molecule has 6 heteroatoms. The second-order valence-corrected chi connectivity index (χ2v) is 5.61. The summed E-state index contributed by atoms with van der Waals surface area (Å²) in [5.41, 5.74) is 1.01. The summed E-state index contributed by atoms with van der Waals surface area (Å²) in [5.74, 6) is 0.472. The van der Waals surface area contributed by atoms with Crippen LogP contribution in [0.4, 0.5) is 0 Å². The molecule has 1 amide bonds. The van der Waals surface area contributed by atoms with E-state index in [-0.39, 0.29) is 5.91 Å². The molecular weight excluding hydrogens is 298 g/mol. The summed E-state index contributed by atoms with van der Waals surface area (Å²) in [6.45, 7) is 0.543. The van der Waals surface area contributed by atoms with E-state index in [1.165, 1.54) is 4.90 Å². The molecule has 1 aliphatic rings. The Bertz CT molecular complexity index is 572. The van der Waals surface area contributed by atoms with Crippen LogP contribution >= 0.6 is 0 Å². The molecule has 1 saturated heterocycles. The molecule has 0 radical (unpaired) electrons. The monoisotopic (exact) mass is 321 g/mol. The Morgan fingerprint density at radius 3 is 2.74 bits per heavy atom. The second-order valence-electron chi connectivity index (χ2n) is 5.61. The number of rotatable bonds is 7. The number of carbonyl (C=O) groups excluding carboxylic acids is 1. The Kier molecular flexibility index (Phi) is 5.84. The number of aliphatic carboxylic acids is 1. The van der Waals surface area contributed by atoms with Gasteiger partial charge in [0.15, 0.2) is 0 Å². The number of ether oxygens (including phenoxy) is 2. The number of amides is 1. The minimum atomic E-state index is -0.910. The predicted octanol–water partition coefficient (Wildman–Crippen LogP) is 2.10. The van der Waals surface area contributed by atoms with Crippen LogP contribution in [0.1, 0.15) is 31.2 Å². The van der Waals surface area contributed by atoms with Crippen molar-refractivity contribution < 1.29 is 24.2 Å². The number of methoxy groups -OCH3 is 2. The van der Waals surface area contributed by atoms with Crippen molar-refractivity contribution in [3.05, 3.63) is 23.8 Å². The molecule has 1 aromatic rings. The van der Waals surface area contributed by atoms with E-state index in [1.54, 1.807) is 14.2 Å². The van der Waals surface area contributed by atoms with E-state index in [2.05, 4.69) is 0 Å². The molecule has 0 aliphatic carbocycles. The summed E-state index contributed by atoms with van der Waals surface area (Å²) in [7, 11) is 3.20. The quantitative estimate of drug-likeness (QED) is 0.832.